The second-order valence-corrected chi connectivity index (χ2v) is 3.78. The molecule has 1 amide bonds. The number of carbonyl (C=O) groups excluding carboxylic acids is 1. The van der Waals surface area contributed by atoms with Crippen molar-refractivity contribution in [3.63, 3.8) is 0 Å². The van der Waals surface area contributed by atoms with Crippen LogP contribution in [0.1, 0.15) is 12.8 Å². The number of aromatic nitrogens is 3. The highest BCUT2D eigenvalue weighted by Crippen LogP contribution is 2.14. The molecule has 0 bridgehead atoms. The van der Waals surface area contributed by atoms with Crippen molar-refractivity contribution in [1.82, 2.24) is 20.7 Å². The molecule has 0 aliphatic heterocycles. The van der Waals surface area contributed by atoms with Gasteiger partial charge >= 0.3 is 0 Å². The number of carbonyl (C=O) groups is 1. The number of aromatic amines is 1. The molecule has 90 valence electrons. The van der Waals surface area contributed by atoms with E-state index in [9.17, 15) is 4.79 Å². The Morgan fingerprint density at radius 3 is 3.00 bits per heavy atom. The predicted molar refractivity (Wildman–Crippen MR) is 65.7 cm³/mol. The summed E-state index contributed by atoms with van der Waals surface area (Å²) in [7, 11) is 1.87. The zero-order valence-electron chi connectivity index (χ0n) is 9.66. The van der Waals surface area contributed by atoms with E-state index >= 15 is 0 Å². The van der Waals surface area contributed by atoms with Crippen molar-refractivity contribution in [2.24, 2.45) is 0 Å². The van der Waals surface area contributed by atoms with Gasteiger partial charge in [-0.1, -0.05) is 0 Å². The number of nitrogens with one attached hydrogen (secondary N) is 3. The molecule has 0 aliphatic rings. The van der Waals surface area contributed by atoms with E-state index in [-0.39, 0.29) is 5.91 Å². The summed E-state index contributed by atoms with van der Waals surface area (Å²) < 4.78 is 0. The standard InChI is InChI=1S/C11H15N5O/c1-12-6-2-3-11(17)13-8-4-5-9-10(7-8)15-16-14-9/h4-5,7,12H,2-3,6H2,1H3,(H,13,17)(H,14,15,16). The molecule has 17 heavy (non-hydrogen) atoms. The quantitative estimate of drug-likeness (QED) is 0.670. The number of H-pyrrole nitrogens is 1. The van der Waals surface area contributed by atoms with E-state index < -0.39 is 0 Å². The molecular weight excluding hydrogens is 218 g/mol. The van der Waals surface area contributed by atoms with Crippen molar-refractivity contribution in [1.29, 1.82) is 0 Å². The highest BCUT2D eigenvalue weighted by atomic mass is 16.1. The van der Waals surface area contributed by atoms with Gasteiger partial charge in [0, 0.05) is 12.1 Å². The highest BCUT2D eigenvalue weighted by molar-refractivity contribution is 5.92. The molecule has 1 aromatic carbocycles. The fourth-order valence-corrected chi connectivity index (χ4v) is 1.57. The van der Waals surface area contributed by atoms with Gasteiger partial charge in [0.05, 0.1) is 0 Å². The first-order valence-electron chi connectivity index (χ1n) is 5.54. The Bertz CT molecular complexity index is 507. The summed E-state index contributed by atoms with van der Waals surface area (Å²) in [5.74, 6) is 0.0168. The molecule has 1 aromatic heterocycles. The van der Waals surface area contributed by atoms with Gasteiger partial charge in [-0.2, -0.15) is 15.4 Å². The normalized spacial score (nSPS) is 10.6. The van der Waals surface area contributed by atoms with Crippen LogP contribution in [0.25, 0.3) is 11.0 Å². The van der Waals surface area contributed by atoms with Crippen LogP contribution in [0.5, 0.6) is 0 Å². The minimum Gasteiger partial charge on any atom is -0.326 e. The molecule has 0 aliphatic carbocycles. The molecule has 0 fully saturated rings. The second kappa shape index (κ2) is 5.40. The maximum Gasteiger partial charge on any atom is 0.224 e. The number of hydrogen-bond donors (Lipinski definition) is 3. The number of benzene rings is 1. The lowest BCUT2D eigenvalue weighted by Crippen LogP contribution is -2.15. The average molecular weight is 233 g/mol. The molecule has 0 spiro atoms. The molecule has 6 nitrogen and oxygen atoms in total. The molecule has 1 heterocycles. The van der Waals surface area contributed by atoms with Gasteiger partial charge in [0.1, 0.15) is 11.0 Å². The van der Waals surface area contributed by atoms with Crippen LogP contribution in [0, 0.1) is 0 Å². The van der Waals surface area contributed by atoms with Crippen LogP contribution in [0.15, 0.2) is 18.2 Å². The number of nitrogens with zero attached hydrogens (tertiary/aromatic N) is 2. The predicted octanol–water partition coefficient (Wildman–Crippen LogP) is 0.896. The van der Waals surface area contributed by atoms with Crippen molar-refractivity contribution < 1.29 is 4.79 Å². The van der Waals surface area contributed by atoms with Gasteiger partial charge in [0.15, 0.2) is 0 Å². The lowest BCUT2D eigenvalue weighted by Gasteiger charge is -2.04. The van der Waals surface area contributed by atoms with Crippen LogP contribution in [0.3, 0.4) is 0 Å². The van der Waals surface area contributed by atoms with Crippen LogP contribution >= 0.6 is 0 Å². The molecule has 6 heteroatoms. The number of hydrogen-bond acceptors (Lipinski definition) is 4. The van der Waals surface area contributed by atoms with E-state index in [4.69, 9.17) is 0 Å². The van der Waals surface area contributed by atoms with Crippen LogP contribution in [0.4, 0.5) is 5.69 Å². The molecular formula is C11H15N5O. The third-order valence-corrected chi connectivity index (χ3v) is 2.43. The number of amides is 1. The van der Waals surface area contributed by atoms with Crippen molar-refractivity contribution in [2.45, 2.75) is 12.8 Å². The molecule has 0 saturated heterocycles. The van der Waals surface area contributed by atoms with Gasteiger partial charge in [-0.15, -0.1) is 0 Å². The second-order valence-electron chi connectivity index (χ2n) is 3.78. The third-order valence-electron chi connectivity index (χ3n) is 2.43. The Labute approximate surface area is 98.8 Å². The molecule has 3 N–H and O–H groups in total. The van der Waals surface area contributed by atoms with Crippen LogP contribution in [-0.2, 0) is 4.79 Å². The van der Waals surface area contributed by atoms with Gasteiger partial charge in [-0.05, 0) is 38.2 Å². The maximum atomic E-state index is 11.6. The minimum atomic E-state index is 0.0168. The Hall–Kier alpha value is -1.95. The first-order valence-corrected chi connectivity index (χ1v) is 5.54. The van der Waals surface area contributed by atoms with Gasteiger partial charge in [-0.25, -0.2) is 0 Å². The van der Waals surface area contributed by atoms with E-state index in [1.807, 2.05) is 19.2 Å². The van der Waals surface area contributed by atoms with Crippen LogP contribution < -0.4 is 10.6 Å². The van der Waals surface area contributed by atoms with E-state index in [2.05, 4.69) is 26.0 Å². The summed E-state index contributed by atoms with van der Waals surface area (Å²) >= 11 is 0. The minimum absolute atomic E-state index is 0.0168. The Balaban J connectivity index is 1.95. The summed E-state index contributed by atoms with van der Waals surface area (Å²) in [5, 5.41) is 16.3. The monoisotopic (exact) mass is 233 g/mol. The van der Waals surface area contributed by atoms with E-state index in [0.717, 1.165) is 29.7 Å². The van der Waals surface area contributed by atoms with Crippen LogP contribution in [-0.4, -0.2) is 34.9 Å². The number of rotatable bonds is 5. The molecule has 2 aromatic rings. The summed E-state index contributed by atoms with van der Waals surface area (Å²) in [6, 6.07) is 5.44. The average Bonchev–Trinajstić information content (AvgIpc) is 2.76. The van der Waals surface area contributed by atoms with Crippen LogP contribution in [0.2, 0.25) is 0 Å². The topological polar surface area (TPSA) is 82.7 Å². The lowest BCUT2D eigenvalue weighted by atomic mass is 10.2. The zero-order valence-corrected chi connectivity index (χ0v) is 9.66. The Morgan fingerprint density at radius 2 is 2.18 bits per heavy atom. The first-order chi connectivity index (χ1) is 8.29. The summed E-state index contributed by atoms with van der Waals surface area (Å²) in [5.41, 5.74) is 2.29. The zero-order chi connectivity index (χ0) is 12.1. The van der Waals surface area contributed by atoms with E-state index in [1.165, 1.54) is 0 Å². The lowest BCUT2D eigenvalue weighted by molar-refractivity contribution is -0.116. The Kier molecular flexibility index (Phi) is 3.66. The SMILES string of the molecule is CNCCCC(=O)Nc1ccc2n[nH]nc2c1. The maximum absolute atomic E-state index is 11.6. The van der Waals surface area contributed by atoms with E-state index in [1.54, 1.807) is 6.07 Å². The molecule has 2 rings (SSSR count). The van der Waals surface area contributed by atoms with Crippen molar-refractivity contribution in [3.8, 4) is 0 Å². The van der Waals surface area contributed by atoms with Crippen molar-refractivity contribution in [3.05, 3.63) is 18.2 Å². The molecule has 0 saturated carbocycles. The fourth-order valence-electron chi connectivity index (χ4n) is 1.57. The van der Waals surface area contributed by atoms with E-state index in [0.29, 0.717) is 6.42 Å². The summed E-state index contributed by atoms with van der Waals surface area (Å²) in [4.78, 5) is 11.6. The van der Waals surface area contributed by atoms with Crippen molar-refractivity contribution >= 4 is 22.6 Å². The fraction of sp³-hybridized carbons (Fsp3) is 0.364. The van der Waals surface area contributed by atoms with Gasteiger partial charge in [-0.3, -0.25) is 4.79 Å². The van der Waals surface area contributed by atoms with Gasteiger partial charge in [0.2, 0.25) is 5.91 Å². The highest BCUT2D eigenvalue weighted by Gasteiger charge is 2.04. The van der Waals surface area contributed by atoms with Gasteiger partial charge < -0.3 is 10.6 Å². The number of anilines is 1. The largest absolute Gasteiger partial charge is 0.326 e. The van der Waals surface area contributed by atoms with Gasteiger partial charge in [0.25, 0.3) is 0 Å². The van der Waals surface area contributed by atoms with Crippen molar-refractivity contribution in [2.75, 3.05) is 18.9 Å². The molecule has 0 atom stereocenters. The number of fused-ring (bicyclic) bond motifs is 1. The third kappa shape index (κ3) is 3.01. The Morgan fingerprint density at radius 1 is 1.35 bits per heavy atom. The summed E-state index contributed by atoms with van der Waals surface area (Å²) in [6.07, 6.45) is 1.34. The molecule has 0 unspecified atom stereocenters. The smallest absolute Gasteiger partial charge is 0.224 e. The molecule has 0 radical (unpaired) electrons. The first kappa shape index (κ1) is 11.5. The summed E-state index contributed by atoms with van der Waals surface area (Å²) in [6.45, 7) is 0.843.